The van der Waals surface area contributed by atoms with Gasteiger partial charge in [-0.25, -0.2) is 0 Å². The standard InChI is InChI=1S/C15H23N/c1-12-3-2-4-14(11-12)8-10-15(16)9-7-13-5-6-13/h2-4,11,13,15H,5-10,16H2,1H3. The van der Waals surface area contributed by atoms with Gasteiger partial charge in [0.05, 0.1) is 0 Å². The van der Waals surface area contributed by atoms with Crippen molar-refractivity contribution in [3.63, 3.8) is 0 Å². The van der Waals surface area contributed by atoms with Crippen molar-refractivity contribution in [2.75, 3.05) is 0 Å². The van der Waals surface area contributed by atoms with E-state index in [2.05, 4.69) is 31.2 Å². The number of nitrogens with two attached hydrogens (primary N) is 1. The quantitative estimate of drug-likeness (QED) is 0.776. The average molecular weight is 217 g/mol. The van der Waals surface area contributed by atoms with Crippen LogP contribution in [0.1, 0.15) is 43.2 Å². The van der Waals surface area contributed by atoms with Crippen molar-refractivity contribution in [3.8, 4) is 0 Å². The van der Waals surface area contributed by atoms with E-state index in [1.165, 1.54) is 36.8 Å². The summed E-state index contributed by atoms with van der Waals surface area (Å²) in [4.78, 5) is 0. The maximum absolute atomic E-state index is 6.14. The van der Waals surface area contributed by atoms with E-state index < -0.39 is 0 Å². The van der Waals surface area contributed by atoms with Crippen molar-refractivity contribution >= 4 is 0 Å². The summed E-state index contributed by atoms with van der Waals surface area (Å²) < 4.78 is 0. The Balaban J connectivity index is 1.69. The topological polar surface area (TPSA) is 26.0 Å². The Kier molecular flexibility index (Phi) is 4.00. The number of rotatable bonds is 6. The normalized spacial score (nSPS) is 17.4. The lowest BCUT2D eigenvalue weighted by Gasteiger charge is -2.11. The van der Waals surface area contributed by atoms with Gasteiger partial charge >= 0.3 is 0 Å². The minimum atomic E-state index is 0.404. The number of aryl methyl sites for hydroxylation is 2. The summed E-state index contributed by atoms with van der Waals surface area (Å²) >= 11 is 0. The van der Waals surface area contributed by atoms with Crippen LogP contribution in [-0.2, 0) is 6.42 Å². The van der Waals surface area contributed by atoms with Crippen LogP contribution < -0.4 is 5.73 Å². The first-order valence-corrected chi connectivity index (χ1v) is 6.55. The molecule has 0 spiro atoms. The Morgan fingerprint density at radius 1 is 1.31 bits per heavy atom. The van der Waals surface area contributed by atoms with Gasteiger partial charge in [-0.2, -0.15) is 0 Å². The fraction of sp³-hybridized carbons (Fsp3) is 0.600. The minimum absolute atomic E-state index is 0.404. The highest BCUT2D eigenvalue weighted by Gasteiger charge is 2.21. The van der Waals surface area contributed by atoms with E-state index in [0.717, 1.165) is 18.8 Å². The van der Waals surface area contributed by atoms with Gasteiger partial charge in [-0.3, -0.25) is 0 Å². The van der Waals surface area contributed by atoms with E-state index in [1.807, 2.05) is 0 Å². The van der Waals surface area contributed by atoms with E-state index in [-0.39, 0.29) is 0 Å². The molecule has 0 bridgehead atoms. The molecule has 88 valence electrons. The van der Waals surface area contributed by atoms with Gasteiger partial charge in [-0.15, -0.1) is 0 Å². The number of hydrogen-bond acceptors (Lipinski definition) is 1. The van der Waals surface area contributed by atoms with Gasteiger partial charge in [-0.05, 0) is 44.1 Å². The van der Waals surface area contributed by atoms with E-state index in [0.29, 0.717) is 6.04 Å². The van der Waals surface area contributed by atoms with E-state index in [1.54, 1.807) is 0 Å². The van der Waals surface area contributed by atoms with Crippen LogP contribution in [0.4, 0.5) is 0 Å². The lowest BCUT2D eigenvalue weighted by Crippen LogP contribution is -2.20. The molecule has 1 aromatic rings. The zero-order valence-electron chi connectivity index (χ0n) is 10.3. The Labute approximate surface area is 99.0 Å². The molecule has 0 heterocycles. The van der Waals surface area contributed by atoms with Gasteiger partial charge in [0.2, 0.25) is 0 Å². The third-order valence-electron chi connectivity index (χ3n) is 3.53. The van der Waals surface area contributed by atoms with Gasteiger partial charge in [0, 0.05) is 6.04 Å². The first-order chi connectivity index (χ1) is 7.74. The molecule has 1 saturated carbocycles. The van der Waals surface area contributed by atoms with Crippen molar-refractivity contribution in [1.29, 1.82) is 0 Å². The molecule has 1 fully saturated rings. The fourth-order valence-electron chi connectivity index (χ4n) is 2.22. The van der Waals surface area contributed by atoms with Crippen molar-refractivity contribution in [3.05, 3.63) is 35.4 Å². The van der Waals surface area contributed by atoms with Crippen molar-refractivity contribution in [2.45, 2.75) is 51.5 Å². The first kappa shape index (κ1) is 11.7. The summed E-state index contributed by atoms with van der Waals surface area (Å²) in [6.07, 6.45) is 7.74. The van der Waals surface area contributed by atoms with Crippen LogP contribution >= 0.6 is 0 Å². The highest BCUT2D eigenvalue weighted by molar-refractivity contribution is 5.22. The summed E-state index contributed by atoms with van der Waals surface area (Å²) in [5.74, 6) is 1.02. The Morgan fingerprint density at radius 3 is 2.81 bits per heavy atom. The van der Waals surface area contributed by atoms with Gasteiger partial charge in [0.25, 0.3) is 0 Å². The smallest absolute Gasteiger partial charge is 0.00420 e. The molecule has 0 radical (unpaired) electrons. The molecule has 1 aromatic carbocycles. The molecule has 2 N–H and O–H groups in total. The van der Waals surface area contributed by atoms with Crippen molar-refractivity contribution < 1.29 is 0 Å². The minimum Gasteiger partial charge on any atom is -0.328 e. The summed E-state index contributed by atoms with van der Waals surface area (Å²) in [5.41, 5.74) is 8.92. The second kappa shape index (κ2) is 5.49. The van der Waals surface area contributed by atoms with Crippen molar-refractivity contribution in [1.82, 2.24) is 0 Å². The zero-order chi connectivity index (χ0) is 11.4. The maximum Gasteiger partial charge on any atom is 0.00420 e. The molecule has 0 saturated heterocycles. The lowest BCUT2D eigenvalue weighted by molar-refractivity contribution is 0.524. The molecule has 1 unspecified atom stereocenters. The third-order valence-corrected chi connectivity index (χ3v) is 3.53. The molecule has 1 heteroatoms. The highest BCUT2D eigenvalue weighted by atomic mass is 14.6. The molecule has 0 aromatic heterocycles. The SMILES string of the molecule is Cc1cccc(CCC(N)CCC2CC2)c1. The summed E-state index contributed by atoms with van der Waals surface area (Å²) in [5, 5.41) is 0. The third kappa shape index (κ3) is 3.97. The second-order valence-electron chi connectivity index (χ2n) is 5.31. The first-order valence-electron chi connectivity index (χ1n) is 6.55. The van der Waals surface area contributed by atoms with Gasteiger partial charge < -0.3 is 5.73 Å². The number of hydrogen-bond donors (Lipinski definition) is 1. The largest absolute Gasteiger partial charge is 0.328 e. The molecule has 1 aliphatic carbocycles. The highest BCUT2D eigenvalue weighted by Crippen LogP contribution is 2.33. The summed E-state index contributed by atoms with van der Waals surface area (Å²) in [7, 11) is 0. The van der Waals surface area contributed by atoms with Gasteiger partial charge in [0.15, 0.2) is 0 Å². The van der Waals surface area contributed by atoms with Crippen LogP contribution in [0.25, 0.3) is 0 Å². The molecule has 0 amide bonds. The van der Waals surface area contributed by atoms with Gasteiger partial charge in [0.1, 0.15) is 0 Å². The predicted octanol–water partition coefficient (Wildman–Crippen LogP) is 3.45. The van der Waals surface area contributed by atoms with Crippen LogP contribution in [0.5, 0.6) is 0 Å². The van der Waals surface area contributed by atoms with Crippen LogP contribution in [0.3, 0.4) is 0 Å². The Morgan fingerprint density at radius 2 is 2.12 bits per heavy atom. The summed E-state index contributed by atoms with van der Waals surface area (Å²) in [6.45, 7) is 2.15. The zero-order valence-corrected chi connectivity index (χ0v) is 10.3. The van der Waals surface area contributed by atoms with Crippen molar-refractivity contribution in [2.24, 2.45) is 11.7 Å². The lowest BCUT2D eigenvalue weighted by atomic mass is 10.0. The Hall–Kier alpha value is -0.820. The fourth-order valence-corrected chi connectivity index (χ4v) is 2.22. The van der Waals surface area contributed by atoms with E-state index in [9.17, 15) is 0 Å². The molecule has 1 atom stereocenters. The molecule has 16 heavy (non-hydrogen) atoms. The molecule has 1 aliphatic rings. The second-order valence-corrected chi connectivity index (χ2v) is 5.31. The number of benzene rings is 1. The molecular formula is C15H23N. The maximum atomic E-state index is 6.14. The predicted molar refractivity (Wildman–Crippen MR) is 69.4 cm³/mol. The summed E-state index contributed by atoms with van der Waals surface area (Å²) in [6, 6.07) is 9.17. The van der Waals surface area contributed by atoms with Crippen LogP contribution in [0.15, 0.2) is 24.3 Å². The molecular weight excluding hydrogens is 194 g/mol. The van der Waals surface area contributed by atoms with Crippen LogP contribution in [0.2, 0.25) is 0 Å². The van der Waals surface area contributed by atoms with Crippen LogP contribution in [0, 0.1) is 12.8 Å². The monoisotopic (exact) mass is 217 g/mol. The van der Waals surface area contributed by atoms with E-state index in [4.69, 9.17) is 5.73 Å². The average Bonchev–Trinajstić information content (AvgIpc) is 3.07. The molecule has 2 rings (SSSR count). The van der Waals surface area contributed by atoms with Crippen LogP contribution in [-0.4, -0.2) is 6.04 Å². The van der Waals surface area contributed by atoms with E-state index >= 15 is 0 Å². The van der Waals surface area contributed by atoms with Gasteiger partial charge in [-0.1, -0.05) is 42.7 Å². The molecule has 1 nitrogen and oxygen atoms in total. The molecule has 0 aliphatic heterocycles. The Bertz CT molecular complexity index is 328.